The third-order valence-electron chi connectivity index (χ3n) is 4.82. The Morgan fingerprint density at radius 1 is 1.28 bits per heavy atom. The summed E-state index contributed by atoms with van der Waals surface area (Å²) in [6.07, 6.45) is 5.11. The van der Waals surface area contributed by atoms with Gasteiger partial charge in [0.2, 0.25) is 15.9 Å². The quantitative estimate of drug-likeness (QED) is 0.594. The van der Waals surface area contributed by atoms with Crippen LogP contribution in [0.4, 0.5) is 0 Å². The van der Waals surface area contributed by atoms with Gasteiger partial charge in [-0.05, 0) is 31.0 Å². The molecular formula is C19H26N4O4S2. The van der Waals surface area contributed by atoms with Crippen molar-refractivity contribution < 1.29 is 17.9 Å². The van der Waals surface area contributed by atoms with E-state index in [4.69, 9.17) is 4.74 Å². The molecule has 0 atom stereocenters. The number of pyridine rings is 2. The van der Waals surface area contributed by atoms with Gasteiger partial charge in [0.1, 0.15) is 5.03 Å². The first-order valence-electron chi connectivity index (χ1n) is 9.58. The maximum atomic E-state index is 12.3. The van der Waals surface area contributed by atoms with Crippen molar-refractivity contribution in [2.45, 2.75) is 30.3 Å². The molecule has 0 spiro atoms. The van der Waals surface area contributed by atoms with E-state index in [1.54, 1.807) is 24.2 Å². The third-order valence-corrected chi connectivity index (χ3v) is 7.66. The first-order valence-corrected chi connectivity index (χ1v) is 12.2. The van der Waals surface area contributed by atoms with Crippen LogP contribution in [0.5, 0.6) is 0 Å². The number of rotatable bonds is 9. The van der Waals surface area contributed by atoms with Crippen molar-refractivity contribution in [2.75, 3.05) is 38.3 Å². The zero-order chi connectivity index (χ0) is 20.7. The van der Waals surface area contributed by atoms with Crippen LogP contribution in [0.2, 0.25) is 0 Å². The first kappa shape index (κ1) is 21.9. The number of thioether (sulfide) groups is 1. The monoisotopic (exact) mass is 438 g/mol. The first-order chi connectivity index (χ1) is 14.0. The summed E-state index contributed by atoms with van der Waals surface area (Å²) in [5, 5.41) is 4.89. The number of aromatic nitrogens is 2. The van der Waals surface area contributed by atoms with Gasteiger partial charge >= 0.3 is 0 Å². The fraction of sp³-hybridized carbons (Fsp3) is 0.526. The van der Waals surface area contributed by atoms with E-state index in [9.17, 15) is 13.2 Å². The average Bonchev–Trinajstić information content (AvgIpc) is 2.73. The van der Waals surface area contributed by atoms with Gasteiger partial charge in [-0.15, -0.1) is 11.8 Å². The Morgan fingerprint density at radius 2 is 2.07 bits per heavy atom. The number of sulfonamides is 1. The van der Waals surface area contributed by atoms with Crippen LogP contribution < -0.4 is 5.32 Å². The van der Waals surface area contributed by atoms with Crippen molar-refractivity contribution in [3.05, 3.63) is 30.6 Å². The number of ether oxygens (including phenoxy) is 1. The van der Waals surface area contributed by atoms with Crippen LogP contribution in [0.15, 0.2) is 35.6 Å². The molecule has 3 heterocycles. The summed E-state index contributed by atoms with van der Waals surface area (Å²) in [6.45, 7) is 1.05. The van der Waals surface area contributed by atoms with Crippen LogP contribution in [0, 0.1) is 0 Å². The number of carbonyl (C=O) groups is 1. The van der Waals surface area contributed by atoms with E-state index in [0.29, 0.717) is 38.1 Å². The molecule has 3 rings (SSSR count). The molecule has 1 saturated heterocycles. The molecule has 1 fully saturated rings. The zero-order valence-corrected chi connectivity index (χ0v) is 18.0. The van der Waals surface area contributed by atoms with E-state index in [0.717, 1.165) is 15.9 Å². The van der Waals surface area contributed by atoms with Crippen LogP contribution >= 0.6 is 11.8 Å². The highest BCUT2D eigenvalue weighted by atomic mass is 32.2. The van der Waals surface area contributed by atoms with Gasteiger partial charge in [0.15, 0.2) is 0 Å². The SMILES string of the molecule is COCCS(=O)(=O)N1CCC(NC(=O)CCSc2nccc3ncccc23)CC1. The lowest BCUT2D eigenvalue weighted by atomic mass is 10.1. The molecule has 1 N–H and O–H groups in total. The molecule has 2 aromatic heterocycles. The fourth-order valence-electron chi connectivity index (χ4n) is 3.23. The molecule has 0 radical (unpaired) electrons. The maximum absolute atomic E-state index is 12.3. The number of hydrogen-bond acceptors (Lipinski definition) is 7. The summed E-state index contributed by atoms with van der Waals surface area (Å²) in [4.78, 5) is 21.0. The van der Waals surface area contributed by atoms with Crippen LogP contribution in [0.3, 0.4) is 0 Å². The van der Waals surface area contributed by atoms with Crippen LogP contribution in [-0.4, -0.2) is 73.0 Å². The molecule has 0 bridgehead atoms. The number of fused-ring (bicyclic) bond motifs is 1. The fourth-order valence-corrected chi connectivity index (χ4v) is 5.57. The lowest BCUT2D eigenvalue weighted by molar-refractivity contribution is -0.121. The topological polar surface area (TPSA) is 101 Å². The van der Waals surface area contributed by atoms with E-state index < -0.39 is 10.0 Å². The molecule has 0 aliphatic carbocycles. The van der Waals surface area contributed by atoms with Gasteiger partial charge in [-0.2, -0.15) is 0 Å². The molecule has 8 nitrogen and oxygen atoms in total. The second-order valence-electron chi connectivity index (χ2n) is 6.83. The minimum absolute atomic E-state index is 0.00449. The van der Waals surface area contributed by atoms with Crippen LogP contribution in [0.25, 0.3) is 10.9 Å². The van der Waals surface area contributed by atoms with Gasteiger partial charge in [0.05, 0.1) is 17.9 Å². The Balaban J connectivity index is 1.41. The van der Waals surface area contributed by atoms with E-state index in [2.05, 4.69) is 15.3 Å². The predicted octanol–water partition coefficient (Wildman–Crippen LogP) is 1.67. The molecule has 158 valence electrons. The second kappa shape index (κ2) is 10.3. The molecule has 0 saturated carbocycles. The molecule has 0 aromatic carbocycles. The molecule has 2 aromatic rings. The third kappa shape index (κ3) is 6.11. The van der Waals surface area contributed by atoms with Gasteiger partial charge in [-0.25, -0.2) is 17.7 Å². The normalized spacial score (nSPS) is 16.2. The maximum Gasteiger partial charge on any atom is 0.221 e. The minimum atomic E-state index is -3.28. The summed E-state index contributed by atoms with van der Waals surface area (Å²) >= 11 is 1.54. The van der Waals surface area contributed by atoms with Gasteiger partial charge in [-0.3, -0.25) is 9.78 Å². The summed E-state index contributed by atoms with van der Waals surface area (Å²) in [7, 11) is -1.79. The lowest BCUT2D eigenvalue weighted by Gasteiger charge is -2.31. The van der Waals surface area contributed by atoms with E-state index in [1.165, 1.54) is 11.4 Å². The summed E-state index contributed by atoms with van der Waals surface area (Å²) in [6, 6.07) is 5.74. The Hall–Kier alpha value is -1.75. The van der Waals surface area contributed by atoms with Crippen LogP contribution in [-0.2, 0) is 19.6 Å². The molecule has 1 aliphatic rings. The van der Waals surface area contributed by atoms with Crippen molar-refractivity contribution >= 4 is 38.6 Å². The van der Waals surface area contributed by atoms with Gasteiger partial charge in [-0.1, -0.05) is 0 Å². The predicted molar refractivity (Wildman–Crippen MR) is 113 cm³/mol. The zero-order valence-electron chi connectivity index (χ0n) is 16.4. The minimum Gasteiger partial charge on any atom is -0.384 e. The molecule has 29 heavy (non-hydrogen) atoms. The number of hydrogen-bond donors (Lipinski definition) is 1. The summed E-state index contributed by atoms with van der Waals surface area (Å²) < 4.78 is 30.7. The Labute approximate surface area is 175 Å². The van der Waals surface area contributed by atoms with Crippen molar-refractivity contribution in [1.82, 2.24) is 19.6 Å². The standard InChI is InChI=1S/C19H26N4O4S2/c1-27-12-14-29(25,26)23-10-5-15(6-11-23)22-18(24)7-13-28-19-16-3-2-8-20-17(16)4-9-21-19/h2-4,8-9,15H,5-7,10-14H2,1H3,(H,22,24). The number of piperidine rings is 1. The average molecular weight is 439 g/mol. The molecule has 0 unspecified atom stereocenters. The van der Waals surface area contributed by atoms with Crippen molar-refractivity contribution in [3.63, 3.8) is 0 Å². The molecule has 10 heteroatoms. The van der Waals surface area contributed by atoms with Crippen molar-refractivity contribution in [1.29, 1.82) is 0 Å². The molecule has 1 aliphatic heterocycles. The van der Waals surface area contributed by atoms with Gasteiger partial charge < -0.3 is 10.1 Å². The second-order valence-corrected chi connectivity index (χ2v) is 10.0. The number of nitrogens with zero attached hydrogens (tertiary/aromatic N) is 3. The largest absolute Gasteiger partial charge is 0.384 e. The number of nitrogens with one attached hydrogen (secondary N) is 1. The lowest BCUT2D eigenvalue weighted by Crippen LogP contribution is -2.47. The van der Waals surface area contributed by atoms with Gasteiger partial charge in [0, 0.05) is 56.2 Å². The van der Waals surface area contributed by atoms with Crippen LogP contribution in [0.1, 0.15) is 19.3 Å². The van der Waals surface area contributed by atoms with Gasteiger partial charge in [0.25, 0.3) is 0 Å². The highest BCUT2D eigenvalue weighted by Gasteiger charge is 2.28. The van der Waals surface area contributed by atoms with Crippen molar-refractivity contribution in [3.8, 4) is 0 Å². The van der Waals surface area contributed by atoms with E-state index >= 15 is 0 Å². The Bertz CT molecular complexity index is 925. The molecule has 1 amide bonds. The highest BCUT2D eigenvalue weighted by molar-refractivity contribution is 7.99. The number of amides is 1. The Kier molecular flexibility index (Phi) is 7.82. The highest BCUT2D eigenvalue weighted by Crippen LogP contribution is 2.24. The van der Waals surface area contributed by atoms with Crippen molar-refractivity contribution in [2.24, 2.45) is 0 Å². The van der Waals surface area contributed by atoms with E-state index in [-0.39, 0.29) is 24.3 Å². The van der Waals surface area contributed by atoms with E-state index in [1.807, 2.05) is 18.2 Å². The summed E-state index contributed by atoms with van der Waals surface area (Å²) in [5.74, 6) is 0.601. The molecular weight excluding hydrogens is 412 g/mol. The smallest absolute Gasteiger partial charge is 0.221 e. The number of methoxy groups -OCH3 is 1. The Morgan fingerprint density at radius 3 is 2.83 bits per heavy atom. The number of carbonyl (C=O) groups excluding carboxylic acids is 1. The summed E-state index contributed by atoms with van der Waals surface area (Å²) in [5.41, 5.74) is 0.890.